The fraction of sp³-hybridized carbons (Fsp3) is 0.500. The molecule has 2 amide bonds. The summed E-state index contributed by atoms with van der Waals surface area (Å²) in [5, 5.41) is 2.77. The average molecular weight is 292 g/mol. The van der Waals surface area contributed by atoms with Crippen molar-refractivity contribution in [2.45, 2.75) is 33.2 Å². The Morgan fingerprint density at radius 3 is 2.52 bits per heavy atom. The molecule has 4 nitrogen and oxygen atoms in total. The van der Waals surface area contributed by atoms with Crippen molar-refractivity contribution in [1.29, 1.82) is 0 Å². The summed E-state index contributed by atoms with van der Waals surface area (Å²) in [5.41, 5.74) is 0.495. The summed E-state index contributed by atoms with van der Waals surface area (Å²) in [6, 6.07) is 5.06. The minimum Gasteiger partial charge on any atom is -0.352 e. The van der Waals surface area contributed by atoms with Gasteiger partial charge in [0.2, 0.25) is 11.8 Å². The van der Waals surface area contributed by atoms with Crippen molar-refractivity contribution in [3.63, 3.8) is 0 Å². The molecule has 1 fully saturated rings. The number of nitrogens with zero attached hydrogens (tertiary/aromatic N) is 1. The predicted molar refractivity (Wildman–Crippen MR) is 77.9 cm³/mol. The van der Waals surface area contributed by atoms with E-state index in [1.54, 1.807) is 17.0 Å². The third kappa shape index (κ3) is 3.80. The number of piperazine rings is 1. The summed E-state index contributed by atoms with van der Waals surface area (Å²) in [7, 11) is 0. The lowest BCUT2D eigenvalue weighted by atomic mass is 9.90. The number of halogens is 1. The Hall–Kier alpha value is -1.91. The lowest BCUT2D eigenvalue weighted by Crippen LogP contribution is -2.52. The molecule has 5 heteroatoms. The first-order chi connectivity index (χ1) is 9.78. The fourth-order valence-corrected chi connectivity index (χ4v) is 2.47. The lowest BCUT2D eigenvalue weighted by Gasteiger charge is -2.36. The molecule has 0 aliphatic carbocycles. The van der Waals surface area contributed by atoms with Crippen LogP contribution in [-0.4, -0.2) is 29.8 Å². The van der Waals surface area contributed by atoms with Crippen LogP contribution in [0.5, 0.6) is 0 Å². The van der Waals surface area contributed by atoms with Crippen LogP contribution in [-0.2, 0) is 9.59 Å². The van der Waals surface area contributed by atoms with Gasteiger partial charge in [-0.2, -0.15) is 0 Å². The highest BCUT2D eigenvalue weighted by Crippen LogP contribution is 2.27. The molecule has 2 rings (SSSR count). The van der Waals surface area contributed by atoms with Gasteiger partial charge >= 0.3 is 0 Å². The van der Waals surface area contributed by atoms with E-state index < -0.39 is 6.04 Å². The zero-order valence-electron chi connectivity index (χ0n) is 12.6. The van der Waals surface area contributed by atoms with Crippen LogP contribution in [0.15, 0.2) is 24.3 Å². The molecule has 0 bridgehead atoms. The number of amides is 2. The second kappa shape index (κ2) is 5.84. The molecule has 1 aliphatic rings. The Balaban J connectivity index is 2.27. The molecule has 114 valence electrons. The van der Waals surface area contributed by atoms with Gasteiger partial charge < -0.3 is 10.2 Å². The summed E-state index contributed by atoms with van der Waals surface area (Å²) in [5.74, 6) is -0.621. The Kier molecular flexibility index (Phi) is 4.30. The van der Waals surface area contributed by atoms with E-state index in [9.17, 15) is 14.0 Å². The second-order valence-electron chi connectivity index (χ2n) is 6.57. The highest BCUT2D eigenvalue weighted by molar-refractivity contribution is 5.90. The topological polar surface area (TPSA) is 49.4 Å². The SMILES string of the molecule is CC(C)(C)CC(=O)N1CCNC(=O)C1c1ccc(F)cc1. The summed E-state index contributed by atoms with van der Waals surface area (Å²) in [6.45, 7) is 6.89. The van der Waals surface area contributed by atoms with E-state index in [1.807, 2.05) is 20.8 Å². The van der Waals surface area contributed by atoms with E-state index in [0.29, 0.717) is 25.1 Å². The van der Waals surface area contributed by atoms with Crippen LogP contribution in [0, 0.1) is 11.2 Å². The van der Waals surface area contributed by atoms with Gasteiger partial charge in [0.1, 0.15) is 11.9 Å². The Morgan fingerprint density at radius 2 is 1.95 bits per heavy atom. The first-order valence-corrected chi connectivity index (χ1v) is 7.10. The quantitative estimate of drug-likeness (QED) is 0.909. The molecule has 0 spiro atoms. The molecule has 1 aromatic rings. The number of hydrogen-bond donors (Lipinski definition) is 1. The van der Waals surface area contributed by atoms with Crippen molar-refractivity contribution >= 4 is 11.8 Å². The van der Waals surface area contributed by atoms with E-state index in [2.05, 4.69) is 5.32 Å². The Bertz CT molecular complexity index is 534. The van der Waals surface area contributed by atoms with Crippen molar-refractivity contribution in [1.82, 2.24) is 10.2 Å². The normalized spacial score (nSPS) is 19.3. The number of hydrogen-bond acceptors (Lipinski definition) is 2. The molecule has 0 saturated carbocycles. The molecule has 1 aromatic carbocycles. The number of rotatable bonds is 2. The third-order valence-corrected chi connectivity index (χ3v) is 3.40. The van der Waals surface area contributed by atoms with E-state index >= 15 is 0 Å². The Labute approximate surface area is 124 Å². The molecular weight excluding hydrogens is 271 g/mol. The standard InChI is InChI=1S/C16H21FN2O2/c1-16(2,3)10-13(20)19-9-8-18-15(21)14(19)11-4-6-12(17)7-5-11/h4-7,14H,8-10H2,1-3H3,(H,18,21). The number of nitrogens with one attached hydrogen (secondary N) is 1. The molecule has 1 unspecified atom stereocenters. The van der Waals surface area contributed by atoms with Crippen LogP contribution in [0.2, 0.25) is 0 Å². The van der Waals surface area contributed by atoms with Crippen LogP contribution >= 0.6 is 0 Å². The van der Waals surface area contributed by atoms with Gasteiger partial charge in [-0.05, 0) is 23.1 Å². The maximum Gasteiger partial charge on any atom is 0.247 e. The zero-order valence-corrected chi connectivity index (χ0v) is 12.6. The van der Waals surface area contributed by atoms with Gasteiger partial charge in [-0.1, -0.05) is 32.9 Å². The number of carbonyl (C=O) groups is 2. The molecule has 1 N–H and O–H groups in total. The van der Waals surface area contributed by atoms with Crippen LogP contribution in [0.1, 0.15) is 38.8 Å². The largest absolute Gasteiger partial charge is 0.352 e. The first-order valence-electron chi connectivity index (χ1n) is 7.10. The molecule has 1 saturated heterocycles. The van der Waals surface area contributed by atoms with Crippen molar-refractivity contribution in [3.05, 3.63) is 35.6 Å². The van der Waals surface area contributed by atoms with Crippen LogP contribution in [0.25, 0.3) is 0 Å². The van der Waals surface area contributed by atoms with Crippen LogP contribution < -0.4 is 5.32 Å². The van der Waals surface area contributed by atoms with Crippen LogP contribution in [0.4, 0.5) is 4.39 Å². The smallest absolute Gasteiger partial charge is 0.247 e. The van der Waals surface area contributed by atoms with Gasteiger partial charge in [0.05, 0.1) is 0 Å². The lowest BCUT2D eigenvalue weighted by molar-refractivity contribution is -0.144. The number of benzene rings is 1. The molecule has 1 aliphatic heterocycles. The van der Waals surface area contributed by atoms with Crippen molar-refractivity contribution < 1.29 is 14.0 Å². The van der Waals surface area contributed by atoms with E-state index in [-0.39, 0.29) is 23.0 Å². The average Bonchev–Trinajstić information content (AvgIpc) is 2.38. The van der Waals surface area contributed by atoms with Crippen molar-refractivity contribution in [2.75, 3.05) is 13.1 Å². The summed E-state index contributed by atoms with van der Waals surface area (Å²) >= 11 is 0. The van der Waals surface area contributed by atoms with Crippen molar-refractivity contribution in [2.24, 2.45) is 5.41 Å². The Morgan fingerprint density at radius 1 is 1.33 bits per heavy atom. The van der Waals surface area contributed by atoms with Gasteiger partial charge in [0.25, 0.3) is 0 Å². The maximum absolute atomic E-state index is 13.0. The summed E-state index contributed by atoms with van der Waals surface area (Å²) < 4.78 is 13.0. The highest BCUT2D eigenvalue weighted by atomic mass is 19.1. The predicted octanol–water partition coefficient (Wildman–Crippen LogP) is 2.26. The minimum atomic E-state index is -0.672. The molecule has 0 radical (unpaired) electrons. The molecule has 21 heavy (non-hydrogen) atoms. The minimum absolute atomic E-state index is 0.0494. The molecular formula is C16H21FN2O2. The van der Waals surface area contributed by atoms with Gasteiger partial charge in [0, 0.05) is 19.5 Å². The second-order valence-corrected chi connectivity index (χ2v) is 6.57. The van der Waals surface area contributed by atoms with Crippen LogP contribution in [0.3, 0.4) is 0 Å². The van der Waals surface area contributed by atoms with Gasteiger partial charge in [0.15, 0.2) is 0 Å². The summed E-state index contributed by atoms with van der Waals surface area (Å²) in [4.78, 5) is 26.2. The van der Waals surface area contributed by atoms with E-state index in [0.717, 1.165) is 0 Å². The highest BCUT2D eigenvalue weighted by Gasteiger charge is 2.35. The number of carbonyl (C=O) groups excluding carboxylic acids is 2. The fourth-order valence-electron chi connectivity index (χ4n) is 2.47. The first kappa shape index (κ1) is 15.5. The van der Waals surface area contributed by atoms with E-state index in [4.69, 9.17) is 0 Å². The third-order valence-electron chi connectivity index (χ3n) is 3.40. The van der Waals surface area contributed by atoms with Gasteiger partial charge in [-0.3, -0.25) is 9.59 Å². The van der Waals surface area contributed by atoms with Gasteiger partial charge in [-0.25, -0.2) is 4.39 Å². The molecule has 1 atom stereocenters. The van der Waals surface area contributed by atoms with Gasteiger partial charge in [-0.15, -0.1) is 0 Å². The molecule has 0 aromatic heterocycles. The summed E-state index contributed by atoms with van der Waals surface area (Å²) in [6.07, 6.45) is 0.373. The van der Waals surface area contributed by atoms with E-state index in [1.165, 1.54) is 12.1 Å². The zero-order chi connectivity index (χ0) is 15.6. The van der Waals surface area contributed by atoms with Crippen molar-refractivity contribution in [3.8, 4) is 0 Å². The molecule has 1 heterocycles. The maximum atomic E-state index is 13.0. The monoisotopic (exact) mass is 292 g/mol.